The quantitative estimate of drug-likeness (QED) is 0.864. The summed E-state index contributed by atoms with van der Waals surface area (Å²) in [6, 6.07) is 6.60. The van der Waals surface area contributed by atoms with E-state index in [1.807, 2.05) is 0 Å². The Hall–Kier alpha value is -1.07. The van der Waals surface area contributed by atoms with Crippen molar-refractivity contribution in [2.45, 2.75) is 48.4 Å². The van der Waals surface area contributed by atoms with Crippen molar-refractivity contribution in [3.05, 3.63) is 24.3 Å². The molecule has 1 aliphatic carbocycles. The Morgan fingerprint density at radius 3 is 2.58 bits per heavy atom. The summed E-state index contributed by atoms with van der Waals surface area (Å²) in [6.45, 7) is 0. The lowest BCUT2D eigenvalue weighted by Crippen LogP contribution is -2.33. The van der Waals surface area contributed by atoms with E-state index in [-0.39, 0.29) is 4.90 Å². The van der Waals surface area contributed by atoms with Gasteiger partial charge in [-0.1, -0.05) is 31.4 Å². The summed E-state index contributed by atoms with van der Waals surface area (Å²) in [5.74, 6) is 0.346. The van der Waals surface area contributed by atoms with Gasteiger partial charge in [-0.25, -0.2) is 8.42 Å². The Morgan fingerprint density at radius 2 is 1.84 bits per heavy atom. The molecule has 0 amide bonds. The fraction of sp³-hybridized carbons (Fsp3) is 0.571. The van der Waals surface area contributed by atoms with Gasteiger partial charge >= 0.3 is 0 Å². The predicted octanol–water partition coefficient (Wildman–Crippen LogP) is 2.16. The molecule has 1 aliphatic rings. The highest BCUT2D eigenvalue weighted by atomic mass is 32.2. The van der Waals surface area contributed by atoms with E-state index < -0.39 is 21.2 Å². The number of aliphatic hydroxyl groups is 1. The molecule has 1 aromatic carbocycles. The molecule has 2 rings (SSSR count). The van der Waals surface area contributed by atoms with Gasteiger partial charge in [0, 0.05) is 0 Å². The monoisotopic (exact) mass is 284 g/mol. The molecule has 0 aromatic heterocycles. The molecular weight excluding hydrogens is 264 g/mol. The minimum atomic E-state index is -3.55. The standard InChI is InChI=1S/C14H20O4S/c1-18-12-8-5-6-10-14(12)19(16,17)13-9-4-2-3-7-11(13)15/h5-6,8,10-11,13,15H,2-4,7,9H2,1H3. The van der Waals surface area contributed by atoms with Gasteiger partial charge in [0.2, 0.25) is 0 Å². The summed E-state index contributed by atoms with van der Waals surface area (Å²) in [7, 11) is -2.10. The number of para-hydroxylation sites is 1. The number of hydrogen-bond acceptors (Lipinski definition) is 4. The number of aliphatic hydroxyl groups excluding tert-OH is 1. The van der Waals surface area contributed by atoms with Gasteiger partial charge in [-0.3, -0.25) is 0 Å². The number of hydrogen-bond donors (Lipinski definition) is 1. The van der Waals surface area contributed by atoms with E-state index in [9.17, 15) is 13.5 Å². The largest absolute Gasteiger partial charge is 0.495 e. The summed E-state index contributed by atoms with van der Waals surface area (Å²) >= 11 is 0. The molecule has 2 atom stereocenters. The zero-order valence-electron chi connectivity index (χ0n) is 11.1. The van der Waals surface area contributed by atoms with Crippen molar-refractivity contribution in [1.29, 1.82) is 0 Å². The van der Waals surface area contributed by atoms with Crippen molar-refractivity contribution >= 4 is 9.84 Å². The third-order valence-corrected chi connectivity index (χ3v) is 5.99. The van der Waals surface area contributed by atoms with Crippen LogP contribution in [-0.4, -0.2) is 32.0 Å². The summed E-state index contributed by atoms with van der Waals surface area (Å²) in [6.07, 6.45) is 3.00. The zero-order valence-corrected chi connectivity index (χ0v) is 11.9. The van der Waals surface area contributed by atoms with Gasteiger partial charge in [0.1, 0.15) is 10.6 Å². The molecule has 19 heavy (non-hydrogen) atoms. The number of methoxy groups -OCH3 is 1. The van der Waals surface area contributed by atoms with Crippen molar-refractivity contribution in [2.24, 2.45) is 0 Å². The van der Waals surface area contributed by atoms with Crippen molar-refractivity contribution in [1.82, 2.24) is 0 Å². The zero-order chi connectivity index (χ0) is 13.9. The lowest BCUT2D eigenvalue weighted by Gasteiger charge is -2.21. The first kappa shape index (κ1) is 14.3. The van der Waals surface area contributed by atoms with E-state index in [0.717, 1.165) is 19.3 Å². The average Bonchev–Trinajstić information content (AvgIpc) is 2.63. The molecule has 0 radical (unpaired) electrons. The van der Waals surface area contributed by atoms with Crippen LogP contribution in [0.15, 0.2) is 29.2 Å². The van der Waals surface area contributed by atoms with Crippen molar-refractivity contribution in [3.8, 4) is 5.75 Å². The van der Waals surface area contributed by atoms with Gasteiger partial charge < -0.3 is 9.84 Å². The molecule has 0 saturated heterocycles. The van der Waals surface area contributed by atoms with Crippen LogP contribution < -0.4 is 4.74 Å². The normalized spacial score (nSPS) is 24.7. The molecule has 1 saturated carbocycles. The summed E-state index contributed by atoms with van der Waals surface area (Å²) in [4.78, 5) is 0.184. The van der Waals surface area contributed by atoms with Gasteiger partial charge in [0.15, 0.2) is 9.84 Å². The van der Waals surface area contributed by atoms with Gasteiger partial charge in [-0.2, -0.15) is 0 Å². The lowest BCUT2D eigenvalue weighted by atomic mass is 10.1. The second kappa shape index (κ2) is 5.92. The van der Waals surface area contributed by atoms with Crippen LogP contribution in [-0.2, 0) is 9.84 Å². The van der Waals surface area contributed by atoms with Crippen molar-refractivity contribution in [3.63, 3.8) is 0 Å². The molecule has 5 heteroatoms. The SMILES string of the molecule is COc1ccccc1S(=O)(=O)C1CCCCCC1O. The van der Waals surface area contributed by atoms with Gasteiger partial charge in [0.25, 0.3) is 0 Å². The maximum Gasteiger partial charge on any atom is 0.187 e. The van der Waals surface area contributed by atoms with Gasteiger partial charge in [-0.15, -0.1) is 0 Å². The first-order valence-corrected chi connectivity index (χ1v) is 8.17. The fourth-order valence-corrected chi connectivity index (χ4v) is 4.69. The highest BCUT2D eigenvalue weighted by Crippen LogP contribution is 2.32. The number of sulfone groups is 1. The van der Waals surface area contributed by atoms with Gasteiger partial charge in [-0.05, 0) is 25.0 Å². The molecule has 106 valence electrons. The summed E-state index contributed by atoms with van der Waals surface area (Å²) < 4.78 is 30.5. The van der Waals surface area contributed by atoms with E-state index >= 15 is 0 Å². The smallest absolute Gasteiger partial charge is 0.187 e. The maximum absolute atomic E-state index is 12.7. The lowest BCUT2D eigenvalue weighted by molar-refractivity contribution is 0.160. The topological polar surface area (TPSA) is 63.6 Å². The molecule has 0 bridgehead atoms. The molecule has 0 spiro atoms. The molecule has 4 nitrogen and oxygen atoms in total. The van der Waals surface area contributed by atoms with Crippen LogP contribution >= 0.6 is 0 Å². The van der Waals surface area contributed by atoms with Crippen molar-refractivity contribution in [2.75, 3.05) is 7.11 Å². The van der Waals surface area contributed by atoms with Crippen molar-refractivity contribution < 1.29 is 18.3 Å². The molecular formula is C14H20O4S. The Bertz CT molecular complexity index is 524. The highest BCUT2D eigenvalue weighted by Gasteiger charge is 2.36. The molecule has 1 N–H and O–H groups in total. The minimum Gasteiger partial charge on any atom is -0.495 e. The van der Waals surface area contributed by atoms with E-state index in [1.165, 1.54) is 7.11 Å². The Labute approximate surface area is 114 Å². The first-order valence-electron chi connectivity index (χ1n) is 6.62. The molecule has 1 fully saturated rings. The van der Waals surface area contributed by atoms with Crippen LogP contribution in [0.2, 0.25) is 0 Å². The summed E-state index contributed by atoms with van der Waals surface area (Å²) in [5, 5.41) is 9.37. The van der Waals surface area contributed by atoms with Crippen LogP contribution in [0.4, 0.5) is 0 Å². The number of ether oxygens (including phenoxy) is 1. The fourth-order valence-electron chi connectivity index (χ4n) is 2.63. The average molecular weight is 284 g/mol. The first-order chi connectivity index (χ1) is 9.07. The number of rotatable bonds is 3. The minimum absolute atomic E-state index is 0.184. The van der Waals surface area contributed by atoms with Crippen LogP contribution in [0.1, 0.15) is 32.1 Å². The second-order valence-electron chi connectivity index (χ2n) is 4.94. The van der Waals surface area contributed by atoms with Crippen LogP contribution in [0.5, 0.6) is 5.75 Å². The van der Waals surface area contributed by atoms with E-state index in [0.29, 0.717) is 18.6 Å². The highest BCUT2D eigenvalue weighted by molar-refractivity contribution is 7.92. The molecule has 0 aliphatic heterocycles. The second-order valence-corrected chi connectivity index (χ2v) is 7.08. The molecule has 0 heterocycles. The number of benzene rings is 1. The third kappa shape index (κ3) is 2.92. The molecule has 2 unspecified atom stereocenters. The summed E-state index contributed by atoms with van der Waals surface area (Å²) in [5.41, 5.74) is 0. The maximum atomic E-state index is 12.7. The van der Waals surface area contributed by atoms with E-state index in [2.05, 4.69) is 0 Å². The van der Waals surface area contributed by atoms with Crippen LogP contribution in [0.25, 0.3) is 0 Å². The van der Waals surface area contributed by atoms with Crippen LogP contribution in [0.3, 0.4) is 0 Å². The van der Waals surface area contributed by atoms with Crippen LogP contribution in [0, 0.1) is 0 Å². The molecule has 1 aromatic rings. The van der Waals surface area contributed by atoms with E-state index in [1.54, 1.807) is 24.3 Å². The predicted molar refractivity (Wildman–Crippen MR) is 73.1 cm³/mol. The van der Waals surface area contributed by atoms with Gasteiger partial charge in [0.05, 0.1) is 18.5 Å². The third-order valence-electron chi connectivity index (χ3n) is 3.69. The van der Waals surface area contributed by atoms with E-state index in [4.69, 9.17) is 4.74 Å². The Balaban J connectivity index is 2.40. The Morgan fingerprint density at radius 1 is 1.16 bits per heavy atom. The Kier molecular flexibility index (Phi) is 4.47.